The topological polar surface area (TPSA) is 12.0 Å². The van der Waals surface area contributed by atoms with E-state index in [1.165, 1.54) is 63.8 Å². The van der Waals surface area contributed by atoms with Gasteiger partial charge >= 0.3 is 0 Å². The Hall–Kier alpha value is 0.310. The Kier molecular flexibility index (Phi) is 4.65. The second-order valence-corrected chi connectivity index (χ2v) is 6.12. The van der Waals surface area contributed by atoms with Gasteiger partial charge in [-0.05, 0) is 50.4 Å². The summed E-state index contributed by atoms with van der Waals surface area (Å²) in [6.45, 7) is 2.52. The summed E-state index contributed by atoms with van der Waals surface area (Å²) in [4.78, 5) is 0. The predicted octanol–water partition coefficient (Wildman–Crippen LogP) is 3.05. The molecule has 2 rings (SSSR count). The molecule has 1 saturated carbocycles. The highest BCUT2D eigenvalue weighted by atomic mass is 32.2. The molecule has 0 amide bonds. The van der Waals surface area contributed by atoms with Crippen LogP contribution in [-0.2, 0) is 0 Å². The van der Waals surface area contributed by atoms with Crippen molar-refractivity contribution in [2.75, 3.05) is 18.8 Å². The molecule has 2 aliphatic rings. The molecule has 0 unspecified atom stereocenters. The van der Waals surface area contributed by atoms with Crippen molar-refractivity contribution >= 4 is 11.8 Å². The van der Waals surface area contributed by atoms with Crippen molar-refractivity contribution in [1.82, 2.24) is 5.32 Å². The van der Waals surface area contributed by atoms with E-state index in [4.69, 9.17) is 0 Å². The van der Waals surface area contributed by atoms with Crippen LogP contribution in [-0.4, -0.2) is 24.1 Å². The Morgan fingerprint density at radius 2 is 1.64 bits per heavy atom. The van der Waals surface area contributed by atoms with Gasteiger partial charge in [0.1, 0.15) is 0 Å². The van der Waals surface area contributed by atoms with Gasteiger partial charge in [0.05, 0.1) is 0 Å². The monoisotopic (exact) mass is 213 g/mol. The van der Waals surface area contributed by atoms with Gasteiger partial charge in [0.25, 0.3) is 0 Å². The lowest BCUT2D eigenvalue weighted by molar-refractivity contribution is 0.406. The predicted molar refractivity (Wildman–Crippen MR) is 64.9 cm³/mol. The van der Waals surface area contributed by atoms with Crippen LogP contribution in [0, 0.1) is 5.92 Å². The Morgan fingerprint density at radius 1 is 0.929 bits per heavy atom. The highest BCUT2D eigenvalue weighted by Gasteiger charge is 2.17. The lowest BCUT2D eigenvalue weighted by Crippen LogP contribution is -2.29. The van der Waals surface area contributed by atoms with Gasteiger partial charge in [0.2, 0.25) is 0 Å². The first-order valence-corrected chi connectivity index (χ1v) is 7.32. The number of rotatable bonds is 3. The first kappa shape index (κ1) is 10.8. The van der Waals surface area contributed by atoms with Crippen LogP contribution in [0.3, 0.4) is 0 Å². The highest BCUT2D eigenvalue weighted by molar-refractivity contribution is 7.99. The smallest absolute Gasteiger partial charge is 0.00471 e. The fraction of sp³-hybridized carbons (Fsp3) is 1.00. The molecule has 0 aromatic carbocycles. The third-order valence-electron chi connectivity index (χ3n) is 3.58. The minimum atomic E-state index is 1.01. The Labute approximate surface area is 92.4 Å². The summed E-state index contributed by atoms with van der Waals surface area (Å²) in [6.07, 6.45) is 10.3. The normalized spacial score (nSPS) is 26.6. The van der Waals surface area contributed by atoms with Gasteiger partial charge in [0.15, 0.2) is 0 Å². The van der Waals surface area contributed by atoms with Crippen molar-refractivity contribution in [3.63, 3.8) is 0 Å². The molecule has 1 N–H and O–H groups in total. The average molecular weight is 213 g/mol. The SMILES string of the molecule is C1CCC(SCC2CCNCC2)CC1. The van der Waals surface area contributed by atoms with Gasteiger partial charge in [-0.2, -0.15) is 11.8 Å². The first-order valence-electron chi connectivity index (χ1n) is 6.27. The highest BCUT2D eigenvalue weighted by Crippen LogP contribution is 2.30. The summed E-state index contributed by atoms with van der Waals surface area (Å²) in [7, 11) is 0. The van der Waals surface area contributed by atoms with Crippen LogP contribution in [0.15, 0.2) is 0 Å². The van der Waals surface area contributed by atoms with E-state index < -0.39 is 0 Å². The molecule has 2 heteroatoms. The van der Waals surface area contributed by atoms with Crippen LogP contribution in [0.25, 0.3) is 0 Å². The molecule has 0 radical (unpaired) electrons. The van der Waals surface area contributed by atoms with Gasteiger partial charge in [-0.3, -0.25) is 0 Å². The molecule has 82 valence electrons. The van der Waals surface area contributed by atoms with Crippen LogP contribution in [0.5, 0.6) is 0 Å². The summed E-state index contributed by atoms with van der Waals surface area (Å²) in [5.74, 6) is 2.45. The van der Waals surface area contributed by atoms with E-state index in [1.807, 2.05) is 0 Å². The van der Waals surface area contributed by atoms with Crippen LogP contribution >= 0.6 is 11.8 Å². The molecular formula is C12H23NS. The van der Waals surface area contributed by atoms with Gasteiger partial charge in [-0.15, -0.1) is 0 Å². The van der Waals surface area contributed by atoms with Gasteiger partial charge in [0, 0.05) is 5.25 Å². The summed E-state index contributed by atoms with van der Waals surface area (Å²) >= 11 is 2.28. The zero-order valence-corrected chi connectivity index (χ0v) is 9.95. The van der Waals surface area contributed by atoms with Gasteiger partial charge in [-0.1, -0.05) is 19.3 Å². The number of piperidine rings is 1. The third kappa shape index (κ3) is 3.47. The Bertz CT molecular complexity index is 130. The Balaban J connectivity index is 1.60. The summed E-state index contributed by atoms with van der Waals surface area (Å²) in [5, 5.41) is 4.46. The maximum atomic E-state index is 3.44. The molecule has 0 bridgehead atoms. The van der Waals surface area contributed by atoms with Crippen molar-refractivity contribution in [1.29, 1.82) is 0 Å². The van der Waals surface area contributed by atoms with E-state index >= 15 is 0 Å². The summed E-state index contributed by atoms with van der Waals surface area (Å²) in [6, 6.07) is 0. The third-order valence-corrected chi connectivity index (χ3v) is 5.19. The summed E-state index contributed by atoms with van der Waals surface area (Å²) < 4.78 is 0. The van der Waals surface area contributed by atoms with E-state index in [2.05, 4.69) is 17.1 Å². The van der Waals surface area contributed by atoms with Crippen molar-refractivity contribution in [2.45, 2.75) is 50.2 Å². The first-order chi connectivity index (χ1) is 6.95. The van der Waals surface area contributed by atoms with Crippen molar-refractivity contribution < 1.29 is 0 Å². The van der Waals surface area contributed by atoms with Gasteiger partial charge < -0.3 is 5.32 Å². The number of nitrogens with one attached hydrogen (secondary N) is 1. The van der Waals surface area contributed by atoms with Crippen LogP contribution in [0.1, 0.15) is 44.9 Å². The molecule has 1 aliphatic heterocycles. The molecule has 1 nitrogen and oxygen atoms in total. The van der Waals surface area contributed by atoms with Crippen LogP contribution in [0.2, 0.25) is 0 Å². The number of hydrogen-bond acceptors (Lipinski definition) is 2. The minimum Gasteiger partial charge on any atom is -0.317 e. The molecule has 0 spiro atoms. The zero-order valence-electron chi connectivity index (χ0n) is 9.13. The van der Waals surface area contributed by atoms with Crippen LogP contribution < -0.4 is 5.32 Å². The fourth-order valence-electron chi connectivity index (χ4n) is 2.55. The molecule has 14 heavy (non-hydrogen) atoms. The van der Waals surface area contributed by atoms with E-state index in [9.17, 15) is 0 Å². The maximum absolute atomic E-state index is 3.44. The molecule has 0 aromatic heterocycles. The largest absolute Gasteiger partial charge is 0.317 e. The molecule has 0 aromatic rings. The molecule has 2 fully saturated rings. The average Bonchev–Trinajstić information content (AvgIpc) is 2.29. The zero-order chi connectivity index (χ0) is 9.64. The summed E-state index contributed by atoms with van der Waals surface area (Å²) in [5.41, 5.74) is 0. The van der Waals surface area contributed by atoms with Crippen LogP contribution in [0.4, 0.5) is 0 Å². The molecule has 0 atom stereocenters. The second-order valence-electron chi connectivity index (χ2n) is 4.79. The van der Waals surface area contributed by atoms with E-state index in [-0.39, 0.29) is 0 Å². The lowest BCUT2D eigenvalue weighted by atomic mass is 10.0. The lowest BCUT2D eigenvalue weighted by Gasteiger charge is -2.26. The quantitative estimate of drug-likeness (QED) is 0.773. The van der Waals surface area contributed by atoms with E-state index in [0.29, 0.717) is 0 Å². The Morgan fingerprint density at radius 3 is 2.36 bits per heavy atom. The molecular weight excluding hydrogens is 190 g/mol. The molecule has 1 heterocycles. The molecule has 1 saturated heterocycles. The van der Waals surface area contributed by atoms with Gasteiger partial charge in [-0.25, -0.2) is 0 Å². The van der Waals surface area contributed by atoms with E-state index in [1.54, 1.807) is 0 Å². The standard InChI is InChI=1S/C12H23NS/c1-2-4-12(5-3-1)14-10-11-6-8-13-9-7-11/h11-13H,1-10H2. The van der Waals surface area contributed by atoms with E-state index in [0.717, 1.165) is 11.2 Å². The maximum Gasteiger partial charge on any atom is 0.00471 e. The fourth-order valence-corrected chi connectivity index (χ4v) is 4.10. The molecule has 1 aliphatic carbocycles. The number of thioether (sulfide) groups is 1. The van der Waals surface area contributed by atoms with Crippen molar-refractivity contribution in [3.8, 4) is 0 Å². The minimum absolute atomic E-state index is 1.01. The second kappa shape index (κ2) is 6.02. The van der Waals surface area contributed by atoms with Crippen molar-refractivity contribution in [2.24, 2.45) is 5.92 Å². The van der Waals surface area contributed by atoms with Crippen molar-refractivity contribution in [3.05, 3.63) is 0 Å². The number of hydrogen-bond donors (Lipinski definition) is 1.